The first kappa shape index (κ1) is 12.8. The van der Waals surface area contributed by atoms with Crippen LogP contribution in [0.4, 0.5) is 4.39 Å². The molecule has 88 valence electrons. The number of likely N-dealkylation sites (N-methyl/N-ethyl adjacent to an activating group) is 1. The second-order valence-corrected chi connectivity index (χ2v) is 5.41. The number of nitrogens with zero attached hydrogens (tertiary/aromatic N) is 1. The lowest BCUT2D eigenvalue weighted by atomic mass is 10.2. The Bertz CT molecular complexity index is 499. The third kappa shape index (κ3) is 2.45. The third-order valence-corrected chi connectivity index (χ3v) is 3.99. The maximum absolute atomic E-state index is 13.0. The highest BCUT2D eigenvalue weighted by molar-refractivity contribution is 7.89. The summed E-state index contributed by atoms with van der Waals surface area (Å²) in [4.78, 5) is 10.2. The predicted octanol–water partition coefficient (Wildman–Crippen LogP) is 0.954. The van der Waals surface area contributed by atoms with Crippen molar-refractivity contribution in [3.63, 3.8) is 0 Å². The Kier molecular flexibility index (Phi) is 3.77. The Morgan fingerprint density at radius 2 is 2.06 bits per heavy atom. The van der Waals surface area contributed by atoms with Crippen molar-refractivity contribution in [2.75, 3.05) is 13.6 Å². The highest BCUT2D eigenvalue weighted by Gasteiger charge is 2.20. The molecule has 0 aliphatic heterocycles. The maximum Gasteiger partial charge on any atom is 0.243 e. The van der Waals surface area contributed by atoms with Gasteiger partial charge in [-0.3, -0.25) is 0 Å². The molecule has 1 rings (SSSR count). The van der Waals surface area contributed by atoms with Gasteiger partial charge >= 0.3 is 0 Å². The van der Waals surface area contributed by atoms with E-state index in [-0.39, 0.29) is 17.0 Å². The van der Waals surface area contributed by atoms with E-state index in [1.807, 2.05) is 0 Å². The first-order valence-corrected chi connectivity index (χ1v) is 5.99. The lowest BCUT2D eigenvalue weighted by Crippen LogP contribution is -2.28. The largest absolute Gasteiger partial charge is 0.302 e. The van der Waals surface area contributed by atoms with Crippen molar-refractivity contribution in [2.24, 2.45) is 0 Å². The fourth-order valence-electron chi connectivity index (χ4n) is 1.16. The van der Waals surface area contributed by atoms with Crippen LogP contribution in [0.2, 0.25) is 0 Å². The number of carbonyl (C=O) groups excluding carboxylic acids is 1. The quantitative estimate of drug-likeness (QED) is 0.742. The monoisotopic (exact) mass is 245 g/mol. The van der Waals surface area contributed by atoms with Gasteiger partial charge in [-0.05, 0) is 30.7 Å². The molecule has 6 heteroatoms. The zero-order valence-corrected chi connectivity index (χ0v) is 9.79. The van der Waals surface area contributed by atoms with Gasteiger partial charge in [-0.15, -0.1) is 0 Å². The van der Waals surface area contributed by atoms with E-state index in [1.54, 1.807) is 0 Å². The lowest BCUT2D eigenvalue weighted by Gasteiger charge is -2.14. The first-order chi connectivity index (χ1) is 7.39. The molecule has 0 bridgehead atoms. The topological polar surface area (TPSA) is 54.5 Å². The fourth-order valence-corrected chi connectivity index (χ4v) is 2.34. The molecule has 0 aromatic heterocycles. The van der Waals surface area contributed by atoms with Gasteiger partial charge in [0.2, 0.25) is 10.0 Å². The highest BCUT2D eigenvalue weighted by Crippen LogP contribution is 2.17. The van der Waals surface area contributed by atoms with Crippen LogP contribution in [0.15, 0.2) is 23.1 Å². The number of hydrogen-bond acceptors (Lipinski definition) is 3. The summed E-state index contributed by atoms with van der Waals surface area (Å²) in [5, 5.41) is 0. The number of rotatable bonds is 4. The van der Waals surface area contributed by atoms with E-state index in [0.29, 0.717) is 6.29 Å². The van der Waals surface area contributed by atoms with Crippen LogP contribution in [-0.4, -0.2) is 32.6 Å². The summed E-state index contributed by atoms with van der Waals surface area (Å²) in [5.74, 6) is -0.461. The van der Waals surface area contributed by atoms with E-state index in [0.717, 1.165) is 10.4 Å². The van der Waals surface area contributed by atoms with Crippen LogP contribution in [0.5, 0.6) is 0 Å². The molecule has 0 unspecified atom stereocenters. The van der Waals surface area contributed by atoms with Gasteiger partial charge in [0.25, 0.3) is 0 Å². The molecular weight excluding hydrogens is 233 g/mol. The zero-order chi connectivity index (χ0) is 12.3. The Morgan fingerprint density at radius 1 is 1.44 bits per heavy atom. The Morgan fingerprint density at radius 3 is 2.56 bits per heavy atom. The van der Waals surface area contributed by atoms with Crippen molar-refractivity contribution in [1.82, 2.24) is 4.31 Å². The molecule has 0 aliphatic carbocycles. The predicted molar refractivity (Wildman–Crippen MR) is 57.0 cm³/mol. The smallest absolute Gasteiger partial charge is 0.243 e. The number of hydrogen-bond donors (Lipinski definition) is 0. The van der Waals surface area contributed by atoms with Crippen molar-refractivity contribution in [1.29, 1.82) is 0 Å². The van der Waals surface area contributed by atoms with Crippen LogP contribution in [0.1, 0.15) is 5.56 Å². The van der Waals surface area contributed by atoms with Gasteiger partial charge in [0, 0.05) is 7.05 Å². The summed E-state index contributed by atoms with van der Waals surface area (Å²) in [5.41, 5.74) is 0.251. The normalized spacial score (nSPS) is 11.8. The van der Waals surface area contributed by atoms with Gasteiger partial charge in [0.1, 0.15) is 12.1 Å². The van der Waals surface area contributed by atoms with Gasteiger partial charge in [0.15, 0.2) is 0 Å². The van der Waals surface area contributed by atoms with E-state index in [4.69, 9.17) is 0 Å². The van der Waals surface area contributed by atoms with Crippen LogP contribution in [0, 0.1) is 12.7 Å². The van der Waals surface area contributed by atoms with E-state index < -0.39 is 15.8 Å². The molecule has 0 saturated carbocycles. The minimum Gasteiger partial charge on any atom is -0.302 e. The average Bonchev–Trinajstić information content (AvgIpc) is 2.22. The molecule has 0 atom stereocenters. The molecule has 1 aromatic carbocycles. The molecule has 0 radical (unpaired) electrons. The van der Waals surface area contributed by atoms with Crippen LogP contribution in [-0.2, 0) is 14.8 Å². The number of halogens is 1. The zero-order valence-electron chi connectivity index (χ0n) is 8.97. The van der Waals surface area contributed by atoms with Crippen molar-refractivity contribution in [3.05, 3.63) is 29.6 Å². The molecule has 4 nitrogen and oxygen atoms in total. The Hall–Kier alpha value is -1.27. The van der Waals surface area contributed by atoms with E-state index in [1.165, 1.54) is 26.1 Å². The Balaban J connectivity index is 3.17. The molecule has 0 heterocycles. The van der Waals surface area contributed by atoms with Crippen LogP contribution >= 0.6 is 0 Å². The SMILES string of the molecule is Cc1cc(S(=O)(=O)N(C)CC=O)ccc1F. The Labute approximate surface area is 93.7 Å². The summed E-state index contributed by atoms with van der Waals surface area (Å²) in [6.45, 7) is 1.26. The van der Waals surface area contributed by atoms with Crippen molar-refractivity contribution in [3.8, 4) is 0 Å². The number of carbonyl (C=O) groups is 1. The molecule has 0 saturated heterocycles. The number of benzene rings is 1. The van der Waals surface area contributed by atoms with Gasteiger partial charge in [-0.2, -0.15) is 4.31 Å². The summed E-state index contributed by atoms with van der Waals surface area (Å²) in [7, 11) is -2.41. The highest BCUT2D eigenvalue weighted by atomic mass is 32.2. The second-order valence-electron chi connectivity index (χ2n) is 3.36. The van der Waals surface area contributed by atoms with Gasteiger partial charge in [-0.25, -0.2) is 12.8 Å². The number of aryl methyl sites for hydroxylation is 1. The van der Waals surface area contributed by atoms with Crippen molar-refractivity contribution >= 4 is 16.3 Å². The fraction of sp³-hybridized carbons (Fsp3) is 0.300. The van der Waals surface area contributed by atoms with Gasteiger partial charge in [0.05, 0.1) is 11.4 Å². The number of aldehydes is 1. The molecule has 0 aliphatic rings. The van der Waals surface area contributed by atoms with E-state index in [2.05, 4.69) is 0 Å². The second kappa shape index (κ2) is 4.71. The summed E-state index contributed by atoms with van der Waals surface area (Å²) in [6, 6.07) is 3.52. The molecule has 0 N–H and O–H groups in total. The van der Waals surface area contributed by atoms with Crippen LogP contribution in [0.3, 0.4) is 0 Å². The van der Waals surface area contributed by atoms with Crippen LogP contribution < -0.4 is 0 Å². The minimum absolute atomic E-state index is 0.0178. The molecule has 0 amide bonds. The van der Waals surface area contributed by atoms with Gasteiger partial charge < -0.3 is 4.79 Å². The van der Waals surface area contributed by atoms with Crippen molar-refractivity contribution in [2.45, 2.75) is 11.8 Å². The molecule has 1 aromatic rings. The standard InChI is InChI=1S/C10H12FNO3S/c1-8-7-9(3-4-10(8)11)16(14,15)12(2)5-6-13/h3-4,6-7H,5H2,1-2H3. The minimum atomic E-state index is -3.70. The lowest BCUT2D eigenvalue weighted by molar-refractivity contribution is -0.107. The summed E-state index contributed by atoms with van der Waals surface area (Å²) < 4.78 is 37.5. The van der Waals surface area contributed by atoms with Crippen molar-refractivity contribution < 1.29 is 17.6 Å². The summed E-state index contributed by atoms with van der Waals surface area (Å²) in [6.07, 6.45) is 0.494. The van der Waals surface area contributed by atoms with Gasteiger partial charge in [-0.1, -0.05) is 0 Å². The van der Waals surface area contributed by atoms with Crippen LogP contribution in [0.25, 0.3) is 0 Å². The molecular formula is C10H12FNO3S. The first-order valence-electron chi connectivity index (χ1n) is 4.55. The number of sulfonamides is 1. The molecule has 16 heavy (non-hydrogen) atoms. The maximum atomic E-state index is 13.0. The van der Waals surface area contributed by atoms with E-state index >= 15 is 0 Å². The molecule has 0 spiro atoms. The molecule has 0 fully saturated rings. The third-order valence-electron chi connectivity index (χ3n) is 2.17. The summed E-state index contributed by atoms with van der Waals surface area (Å²) >= 11 is 0. The average molecular weight is 245 g/mol. The van der Waals surface area contributed by atoms with E-state index in [9.17, 15) is 17.6 Å².